The standard InChI is InChI=1S/C10H13ClN2O2S/c11-8-1-4-16-9(8)10(14)13-5-7-6-15-3-2-12-7/h1,4,7,12H,2-3,5-6H2,(H,13,14). The van der Waals surface area contributed by atoms with Gasteiger partial charge in [0.15, 0.2) is 0 Å². The molecule has 1 unspecified atom stereocenters. The highest BCUT2D eigenvalue weighted by Gasteiger charge is 2.16. The molecule has 1 aliphatic heterocycles. The molecule has 1 atom stereocenters. The Bertz CT molecular complexity index is 363. The van der Waals surface area contributed by atoms with E-state index in [2.05, 4.69) is 10.6 Å². The average Bonchev–Trinajstić information content (AvgIpc) is 2.74. The number of amides is 1. The third kappa shape index (κ3) is 2.95. The smallest absolute Gasteiger partial charge is 0.262 e. The first-order chi connectivity index (χ1) is 7.77. The third-order valence-electron chi connectivity index (χ3n) is 2.33. The topological polar surface area (TPSA) is 50.4 Å². The zero-order valence-electron chi connectivity index (χ0n) is 8.66. The second-order valence-corrected chi connectivity index (χ2v) is 4.86. The summed E-state index contributed by atoms with van der Waals surface area (Å²) in [5, 5.41) is 8.42. The van der Waals surface area contributed by atoms with Crippen molar-refractivity contribution in [2.24, 2.45) is 0 Å². The Balaban J connectivity index is 1.81. The van der Waals surface area contributed by atoms with Crippen molar-refractivity contribution in [3.05, 3.63) is 21.3 Å². The predicted octanol–water partition coefficient (Wildman–Crippen LogP) is 1.12. The van der Waals surface area contributed by atoms with Crippen LogP contribution in [0.4, 0.5) is 0 Å². The molecule has 2 rings (SSSR count). The van der Waals surface area contributed by atoms with Crippen LogP contribution >= 0.6 is 22.9 Å². The second kappa shape index (κ2) is 5.63. The summed E-state index contributed by atoms with van der Waals surface area (Å²) in [6.07, 6.45) is 0. The molecule has 0 spiro atoms. The fraction of sp³-hybridized carbons (Fsp3) is 0.500. The average molecular weight is 261 g/mol. The van der Waals surface area contributed by atoms with Gasteiger partial charge < -0.3 is 15.4 Å². The fourth-order valence-electron chi connectivity index (χ4n) is 1.50. The first-order valence-electron chi connectivity index (χ1n) is 5.09. The second-order valence-electron chi connectivity index (χ2n) is 3.53. The van der Waals surface area contributed by atoms with E-state index in [0.717, 1.165) is 13.2 Å². The molecular weight excluding hydrogens is 248 g/mol. The van der Waals surface area contributed by atoms with Gasteiger partial charge in [-0.2, -0.15) is 0 Å². The summed E-state index contributed by atoms with van der Waals surface area (Å²) in [5.41, 5.74) is 0. The number of thiophene rings is 1. The summed E-state index contributed by atoms with van der Waals surface area (Å²) in [4.78, 5) is 12.3. The number of carbonyl (C=O) groups excluding carboxylic acids is 1. The Morgan fingerprint density at radius 3 is 3.25 bits per heavy atom. The van der Waals surface area contributed by atoms with Gasteiger partial charge in [0.25, 0.3) is 5.91 Å². The van der Waals surface area contributed by atoms with Gasteiger partial charge in [-0.05, 0) is 11.4 Å². The molecule has 88 valence electrons. The summed E-state index contributed by atoms with van der Waals surface area (Å²) in [5.74, 6) is -0.118. The minimum absolute atomic E-state index is 0.118. The SMILES string of the molecule is O=C(NCC1COCCN1)c1sccc1Cl. The van der Waals surface area contributed by atoms with E-state index in [9.17, 15) is 4.79 Å². The minimum Gasteiger partial charge on any atom is -0.378 e. The number of ether oxygens (including phenoxy) is 1. The zero-order chi connectivity index (χ0) is 11.4. The van der Waals surface area contributed by atoms with Crippen LogP contribution in [0.5, 0.6) is 0 Å². The normalized spacial score (nSPS) is 20.7. The van der Waals surface area contributed by atoms with Crippen molar-refractivity contribution in [2.45, 2.75) is 6.04 Å². The number of hydrogen-bond acceptors (Lipinski definition) is 4. The highest BCUT2D eigenvalue weighted by Crippen LogP contribution is 2.21. The summed E-state index contributed by atoms with van der Waals surface area (Å²) in [7, 11) is 0. The molecule has 0 bridgehead atoms. The monoisotopic (exact) mass is 260 g/mol. The van der Waals surface area contributed by atoms with E-state index in [1.807, 2.05) is 0 Å². The first-order valence-corrected chi connectivity index (χ1v) is 6.35. The summed E-state index contributed by atoms with van der Waals surface area (Å²) in [6.45, 7) is 2.77. The van der Waals surface area contributed by atoms with Gasteiger partial charge in [0.05, 0.1) is 18.2 Å². The van der Waals surface area contributed by atoms with E-state index in [-0.39, 0.29) is 11.9 Å². The van der Waals surface area contributed by atoms with Crippen molar-refractivity contribution in [3.8, 4) is 0 Å². The largest absolute Gasteiger partial charge is 0.378 e. The summed E-state index contributed by atoms with van der Waals surface area (Å²) < 4.78 is 5.29. The maximum Gasteiger partial charge on any atom is 0.262 e. The maximum absolute atomic E-state index is 11.7. The Kier molecular flexibility index (Phi) is 4.17. The van der Waals surface area contributed by atoms with Crippen LogP contribution in [0.3, 0.4) is 0 Å². The van der Waals surface area contributed by atoms with Gasteiger partial charge in [0, 0.05) is 19.1 Å². The Hall–Kier alpha value is -0.620. The zero-order valence-corrected chi connectivity index (χ0v) is 10.2. The van der Waals surface area contributed by atoms with Crippen molar-refractivity contribution in [3.63, 3.8) is 0 Å². The van der Waals surface area contributed by atoms with E-state index in [1.165, 1.54) is 11.3 Å². The molecular formula is C10H13ClN2O2S. The molecule has 0 saturated carbocycles. The molecule has 1 fully saturated rings. The molecule has 1 amide bonds. The third-order valence-corrected chi connectivity index (χ3v) is 3.67. The molecule has 1 aliphatic rings. The molecule has 1 aromatic heterocycles. The Morgan fingerprint density at radius 1 is 1.75 bits per heavy atom. The van der Waals surface area contributed by atoms with Gasteiger partial charge in [-0.1, -0.05) is 11.6 Å². The molecule has 2 N–H and O–H groups in total. The van der Waals surface area contributed by atoms with Crippen molar-refractivity contribution in [2.75, 3.05) is 26.3 Å². The molecule has 2 heterocycles. The number of hydrogen-bond donors (Lipinski definition) is 2. The van der Waals surface area contributed by atoms with Crippen LogP contribution in [0.25, 0.3) is 0 Å². The van der Waals surface area contributed by atoms with Gasteiger partial charge in [-0.25, -0.2) is 0 Å². The van der Waals surface area contributed by atoms with Crippen LogP contribution in [0, 0.1) is 0 Å². The molecule has 1 saturated heterocycles. The lowest BCUT2D eigenvalue weighted by molar-refractivity contribution is 0.0735. The van der Waals surface area contributed by atoms with Crippen LogP contribution < -0.4 is 10.6 Å². The van der Waals surface area contributed by atoms with E-state index in [0.29, 0.717) is 23.1 Å². The van der Waals surface area contributed by atoms with Gasteiger partial charge >= 0.3 is 0 Å². The number of carbonyl (C=O) groups is 1. The highest BCUT2D eigenvalue weighted by molar-refractivity contribution is 7.12. The molecule has 0 aromatic carbocycles. The van der Waals surface area contributed by atoms with E-state index < -0.39 is 0 Å². The highest BCUT2D eigenvalue weighted by atomic mass is 35.5. The number of halogens is 1. The van der Waals surface area contributed by atoms with Gasteiger partial charge in [0.1, 0.15) is 4.88 Å². The minimum atomic E-state index is -0.118. The van der Waals surface area contributed by atoms with E-state index >= 15 is 0 Å². The first kappa shape index (κ1) is 11.9. The van der Waals surface area contributed by atoms with Gasteiger partial charge in [-0.15, -0.1) is 11.3 Å². The van der Waals surface area contributed by atoms with Gasteiger partial charge in [0.2, 0.25) is 0 Å². The van der Waals surface area contributed by atoms with Gasteiger partial charge in [-0.3, -0.25) is 4.79 Å². The van der Waals surface area contributed by atoms with E-state index in [4.69, 9.17) is 16.3 Å². The lowest BCUT2D eigenvalue weighted by atomic mass is 10.2. The van der Waals surface area contributed by atoms with Crippen molar-refractivity contribution >= 4 is 28.8 Å². The van der Waals surface area contributed by atoms with E-state index in [1.54, 1.807) is 11.4 Å². The van der Waals surface area contributed by atoms with Crippen LogP contribution in [-0.4, -0.2) is 38.3 Å². The molecule has 0 aliphatic carbocycles. The number of rotatable bonds is 3. The molecule has 0 radical (unpaired) electrons. The molecule has 6 heteroatoms. The van der Waals surface area contributed by atoms with Crippen LogP contribution in [0.2, 0.25) is 5.02 Å². The van der Waals surface area contributed by atoms with Crippen molar-refractivity contribution in [1.29, 1.82) is 0 Å². The van der Waals surface area contributed by atoms with Crippen LogP contribution in [-0.2, 0) is 4.74 Å². The fourth-order valence-corrected chi connectivity index (χ4v) is 2.56. The van der Waals surface area contributed by atoms with Crippen LogP contribution in [0.1, 0.15) is 9.67 Å². The molecule has 16 heavy (non-hydrogen) atoms. The Morgan fingerprint density at radius 2 is 2.62 bits per heavy atom. The number of nitrogens with one attached hydrogen (secondary N) is 2. The van der Waals surface area contributed by atoms with Crippen LogP contribution in [0.15, 0.2) is 11.4 Å². The Labute approximate surface area is 103 Å². The lowest BCUT2D eigenvalue weighted by Gasteiger charge is -2.23. The van der Waals surface area contributed by atoms with Crippen molar-refractivity contribution in [1.82, 2.24) is 10.6 Å². The summed E-state index contributed by atoms with van der Waals surface area (Å²) in [6, 6.07) is 1.92. The molecule has 1 aromatic rings. The van der Waals surface area contributed by atoms with Crippen molar-refractivity contribution < 1.29 is 9.53 Å². The quantitative estimate of drug-likeness (QED) is 0.856. The number of morpholine rings is 1. The lowest BCUT2D eigenvalue weighted by Crippen LogP contribution is -2.48. The molecule has 4 nitrogen and oxygen atoms in total. The maximum atomic E-state index is 11.7. The predicted molar refractivity (Wildman–Crippen MR) is 64.3 cm³/mol. The summed E-state index contributed by atoms with van der Waals surface area (Å²) >= 11 is 7.21.